The maximum atomic E-state index is 12.0. The lowest BCUT2D eigenvalue weighted by Gasteiger charge is -2.12. The smallest absolute Gasteiger partial charge is 0.211 e. The summed E-state index contributed by atoms with van der Waals surface area (Å²) in [5.74, 6) is 0.266. The van der Waals surface area contributed by atoms with E-state index in [-0.39, 0.29) is 15.8 Å². The van der Waals surface area contributed by atoms with Crippen LogP contribution in [0.2, 0.25) is 10.0 Å². The van der Waals surface area contributed by atoms with Gasteiger partial charge in [0.1, 0.15) is 0 Å². The van der Waals surface area contributed by atoms with Crippen molar-refractivity contribution >= 4 is 49.2 Å². The van der Waals surface area contributed by atoms with Crippen LogP contribution in [0.1, 0.15) is 13.3 Å². The van der Waals surface area contributed by atoms with Gasteiger partial charge in [0, 0.05) is 11.9 Å². The number of benzene rings is 1. The second kappa shape index (κ2) is 7.10. The van der Waals surface area contributed by atoms with E-state index < -0.39 is 10.0 Å². The molecule has 1 unspecified atom stereocenters. The highest BCUT2D eigenvalue weighted by Crippen LogP contribution is 2.24. The van der Waals surface area contributed by atoms with Crippen molar-refractivity contribution in [3.8, 4) is 0 Å². The van der Waals surface area contributed by atoms with Crippen LogP contribution in [-0.4, -0.2) is 20.3 Å². The Morgan fingerprint density at radius 1 is 1.33 bits per heavy atom. The summed E-state index contributed by atoms with van der Waals surface area (Å²) in [5, 5.41) is 1.42. The third kappa shape index (κ3) is 4.70. The normalized spacial score (nSPS) is 13.6. The zero-order valence-corrected chi connectivity index (χ0v) is 13.7. The van der Waals surface area contributed by atoms with Crippen molar-refractivity contribution in [1.82, 2.24) is 4.72 Å². The molecule has 1 atom stereocenters. The van der Waals surface area contributed by atoms with Crippen molar-refractivity contribution in [2.75, 3.05) is 11.9 Å². The van der Waals surface area contributed by atoms with E-state index in [2.05, 4.69) is 20.7 Å². The molecule has 0 aliphatic rings. The lowest BCUT2D eigenvalue weighted by Crippen LogP contribution is -2.28. The summed E-state index contributed by atoms with van der Waals surface area (Å²) < 4.78 is 26.5. The second-order valence-corrected chi connectivity index (χ2v) is 7.38. The summed E-state index contributed by atoms with van der Waals surface area (Å²) in [6.45, 7) is 2.38. The van der Waals surface area contributed by atoms with Crippen LogP contribution in [0.5, 0.6) is 0 Å². The molecule has 1 aromatic rings. The number of sulfonamides is 1. The number of alkyl halides is 1. The molecule has 0 spiro atoms. The minimum absolute atomic E-state index is 0.128. The Morgan fingerprint density at radius 2 is 2.00 bits per heavy atom. The van der Waals surface area contributed by atoms with Gasteiger partial charge in [-0.1, -0.05) is 46.1 Å². The van der Waals surface area contributed by atoms with E-state index in [1.54, 1.807) is 0 Å². The predicted octanol–water partition coefficient (Wildman–Crippen LogP) is 3.69. The number of hydrogen-bond acceptors (Lipinski definition) is 2. The molecule has 3 nitrogen and oxygen atoms in total. The fourth-order valence-corrected chi connectivity index (χ4v) is 3.60. The molecule has 0 bridgehead atoms. The van der Waals surface area contributed by atoms with Crippen molar-refractivity contribution < 1.29 is 8.42 Å². The summed E-state index contributed by atoms with van der Waals surface area (Å²) in [5.41, 5.74) is 0. The Labute approximate surface area is 126 Å². The van der Waals surface area contributed by atoms with Crippen molar-refractivity contribution in [1.29, 1.82) is 0 Å². The zero-order valence-electron chi connectivity index (χ0n) is 9.79. The van der Waals surface area contributed by atoms with Gasteiger partial charge in [-0.05, 0) is 30.5 Å². The van der Waals surface area contributed by atoms with Crippen LogP contribution >= 0.6 is 39.1 Å². The number of nitrogens with one attached hydrogen (secondary N) is 1. The molecule has 102 valence electrons. The summed E-state index contributed by atoms with van der Waals surface area (Å²) in [6.07, 6.45) is 0.907. The molecule has 1 aromatic carbocycles. The third-order valence-corrected chi connectivity index (χ3v) is 5.04. The highest BCUT2D eigenvalue weighted by Gasteiger charge is 2.16. The Kier molecular flexibility index (Phi) is 6.41. The molecule has 0 saturated heterocycles. The van der Waals surface area contributed by atoms with Gasteiger partial charge in [0.2, 0.25) is 10.0 Å². The highest BCUT2D eigenvalue weighted by atomic mass is 79.9. The van der Waals surface area contributed by atoms with E-state index in [4.69, 9.17) is 23.2 Å². The molecule has 0 aromatic heterocycles. The van der Waals surface area contributed by atoms with E-state index >= 15 is 0 Å². The second-order valence-electron chi connectivity index (χ2n) is 4.01. The molecule has 1 rings (SSSR count). The van der Waals surface area contributed by atoms with Gasteiger partial charge >= 0.3 is 0 Å². The lowest BCUT2D eigenvalue weighted by atomic mass is 10.1. The van der Waals surface area contributed by atoms with Gasteiger partial charge < -0.3 is 0 Å². The Hall–Kier alpha value is 0.190. The molecule has 18 heavy (non-hydrogen) atoms. The van der Waals surface area contributed by atoms with Crippen molar-refractivity contribution in [3.05, 3.63) is 28.2 Å². The van der Waals surface area contributed by atoms with E-state index in [9.17, 15) is 8.42 Å². The molecule has 0 radical (unpaired) electrons. The molecule has 0 aliphatic carbocycles. The third-order valence-electron chi connectivity index (χ3n) is 2.43. The zero-order chi connectivity index (χ0) is 13.8. The van der Waals surface area contributed by atoms with E-state index in [0.717, 1.165) is 11.8 Å². The van der Waals surface area contributed by atoms with E-state index in [0.29, 0.717) is 11.6 Å². The quantitative estimate of drug-likeness (QED) is 0.771. The first kappa shape index (κ1) is 16.2. The maximum Gasteiger partial charge on any atom is 0.240 e. The molecule has 0 fully saturated rings. The first-order valence-electron chi connectivity index (χ1n) is 5.37. The van der Waals surface area contributed by atoms with E-state index in [1.165, 1.54) is 18.2 Å². The average molecular weight is 375 g/mol. The molecule has 0 amide bonds. The summed E-state index contributed by atoms with van der Waals surface area (Å²) in [6, 6.07) is 4.26. The molecule has 0 heterocycles. The summed E-state index contributed by atoms with van der Waals surface area (Å²) in [7, 11) is -3.52. The van der Waals surface area contributed by atoms with Crippen LogP contribution in [0.15, 0.2) is 23.1 Å². The first-order valence-corrected chi connectivity index (χ1v) is 8.73. The molecular formula is C11H14BrCl2NO2S. The van der Waals surface area contributed by atoms with E-state index in [1.807, 2.05) is 6.92 Å². The SMILES string of the molecule is CC(CCBr)CNS(=O)(=O)c1ccc(Cl)c(Cl)c1. The molecule has 0 saturated carbocycles. The average Bonchev–Trinajstić information content (AvgIpc) is 2.30. The van der Waals surface area contributed by atoms with Crippen LogP contribution < -0.4 is 4.72 Å². The lowest BCUT2D eigenvalue weighted by molar-refractivity contribution is 0.532. The largest absolute Gasteiger partial charge is 0.240 e. The minimum Gasteiger partial charge on any atom is -0.211 e. The summed E-state index contributed by atoms with van der Waals surface area (Å²) in [4.78, 5) is 0.128. The van der Waals surface area contributed by atoms with Gasteiger partial charge in [0.15, 0.2) is 0 Å². The fourth-order valence-electron chi connectivity index (χ4n) is 1.27. The van der Waals surface area contributed by atoms with Crippen LogP contribution in [0.4, 0.5) is 0 Å². The van der Waals surface area contributed by atoms with Gasteiger partial charge in [-0.15, -0.1) is 0 Å². The molecule has 7 heteroatoms. The monoisotopic (exact) mass is 373 g/mol. The topological polar surface area (TPSA) is 46.2 Å². The van der Waals surface area contributed by atoms with Crippen molar-refractivity contribution in [2.24, 2.45) is 5.92 Å². The molecular weight excluding hydrogens is 361 g/mol. The number of hydrogen-bond donors (Lipinski definition) is 1. The van der Waals surface area contributed by atoms with Gasteiger partial charge in [0.05, 0.1) is 14.9 Å². The van der Waals surface area contributed by atoms with Gasteiger partial charge in [-0.2, -0.15) is 0 Å². The number of halogens is 3. The standard InChI is InChI=1S/C11H14BrCl2NO2S/c1-8(4-5-12)7-15-18(16,17)9-2-3-10(13)11(14)6-9/h2-3,6,8,15H,4-5,7H2,1H3. The molecule has 0 aliphatic heterocycles. The van der Waals surface area contributed by atoms with Crippen LogP contribution in [0.25, 0.3) is 0 Å². The fraction of sp³-hybridized carbons (Fsp3) is 0.455. The van der Waals surface area contributed by atoms with Crippen LogP contribution in [0, 0.1) is 5.92 Å². The Balaban J connectivity index is 2.77. The maximum absolute atomic E-state index is 12.0. The first-order chi connectivity index (χ1) is 8.36. The van der Waals surface area contributed by atoms with Gasteiger partial charge in [0.25, 0.3) is 0 Å². The number of rotatable bonds is 6. The van der Waals surface area contributed by atoms with Gasteiger partial charge in [-0.3, -0.25) is 0 Å². The van der Waals surface area contributed by atoms with Crippen molar-refractivity contribution in [2.45, 2.75) is 18.2 Å². The van der Waals surface area contributed by atoms with Gasteiger partial charge in [-0.25, -0.2) is 13.1 Å². The van der Waals surface area contributed by atoms with Crippen LogP contribution in [-0.2, 0) is 10.0 Å². The Bertz CT molecular complexity index is 508. The predicted molar refractivity (Wildman–Crippen MR) is 79.2 cm³/mol. The Morgan fingerprint density at radius 3 is 2.56 bits per heavy atom. The highest BCUT2D eigenvalue weighted by molar-refractivity contribution is 9.09. The summed E-state index contributed by atoms with van der Waals surface area (Å²) >= 11 is 14.9. The van der Waals surface area contributed by atoms with Crippen LogP contribution in [0.3, 0.4) is 0 Å². The van der Waals surface area contributed by atoms with Crippen molar-refractivity contribution in [3.63, 3.8) is 0 Å². The minimum atomic E-state index is -3.52. The molecule has 1 N–H and O–H groups in total.